The highest BCUT2D eigenvalue weighted by atomic mass is 16.5. The third-order valence-electron chi connectivity index (χ3n) is 6.39. The largest absolute Gasteiger partial charge is 0.495 e. The highest BCUT2D eigenvalue weighted by Gasteiger charge is 2.33. The van der Waals surface area contributed by atoms with Gasteiger partial charge in [-0.25, -0.2) is 4.98 Å². The molecule has 1 aliphatic heterocycles. The van der Waals surface area contributed by atoms with Crippen molar-refractivity contribution in [2.24, 2.45) is 0 Å². The van der Waals surface area contributed by atoms with Crippen molar-refractivity contribution in [3.63, 3.8) is 0 Å². The maximum Gasteiger partial charge on any atom is 0.250 e. The molecule has 3 aromatic rings. The number of aryl methyl sites for hydroxylation is 1. The predicted molar refractivity (Wildman–Crippen MR) is 121 cm³/mol. The maximum atomic E-state index is 13.3. The summed E-state index contributed by atoms with van der Waals surface area (Å²) >= 11 is 0. The van der Waals surface area contributed by atoms with Crippen LogP contribution in [0.2, 0.25) is 0 Å². The normalized spacial score (nSPS) is 17.9. The van der Waals surface area contributed by atoms with Crippen LogP contribution in [0.1, 0.15) is 35.2 Å². The van der Waals surface area contributed by atoms with Crippen LogP contribution in [0, 0.1) is 6.92 Å². The van der Waals surface area contributed by atoms with Gasteiger partial charge in [0.25, 0.3) is 0 Å². The number of hydrogen-bond donors (Lipinski definition) is 0. The van der Waals surface area contributed by atoms with E-state index in [1.165, 1.54) is 11.1 Å². The minimum Gasteiger partial charge on any atom is -0.495 e. The van der Waals surface area contributed by atoms with Gasteiger partial charge in [-0.05, 0) is 67.5 Å². The van der Waals surface area contributed by atoms with Crippen LogP contribution in [0.4, 0.5) is 0 Å². The number of carbonyl (C=O) groups is 1. The third-order valence-corrected chi connectivity index (χ3v) is 6.39. The van der Waals surface area contributed by atoms with Crippen molar-refractivity contribution in [3.05, 3.63) is 82.9 Å². The number of piperidine rings is 1. The molecule has 0 radical (unpaired) electrons. The molecule has 0 N–H and O–H groups in total. The van der Waals surface area contributed by atoms with Crippen LogP contribution in [-0.2, 0) is 17.6 Å². The summed E-state index contributed by atoms with van der Waals surface area (Å²) in [5.74, 6) is 0.940. The molecule has 5 heteroatoms. The van der Waals surface area contributed by atoms with Crippen LogP contribution in [0.3, 0.4) is 0 Å². The van der Waals surface area contributed by atoms with Crippen LogP contribution in [0.25, 0.3) is 11.8 Å². The van der Waals surface area contributed by atoms with E-state index in [0.717, 1.165) is 60.5 Å². The van der Waals surface area contributed by atoms with Gasteiger partial charge in [0.1, 0.15) is 5.75 Å². The van der Waals surface area contributed by atoms with Gasteiger partial charge in [-0.1, -0.05) is 30.3 Å². The lowest BCUT2D eigenvalue weighted by atomic mass is 9.98. The third kappa shape index (κ3) is 3.76. The van der Waals surface area contributed by atoms with Crippen molar-refractivity contribution in [1.82, 2.24) is 14.5 Å². The highest BCUT2D eigenvalue weighted by molar-refractivity contribution is 5.98. The summed E-state index contributed by atoms with van der Waals surface area (Å²) in [7, 11) is 1.67. The molecule has 1 saturated heterocycles. The summed E-state index contributed by atoms with van der Waals surface area (Å²) in [4.78, 5) is 19.7. The Hall–Kier alpha value is -3.34. The predicted octanol–water partition coefficient (Wildman–Crippen LogP) is 4.36. The zero-order chi connectivity index (χ0) is 21.4. The topological polar surface area (TPSA) is 47.4 Å². The Morgan fingerprint density at radius 3 is 2.58 bits per heavy atom. The molecule has 5 nitrogen and oxygen atoms in total. The zero-order valence-corrected chi connectivity index (χ0v) is 18.0. The van der Waals surface area contributed by atoms with Crippen molar-refractivity contribution >= 4 is 12.0 Å². The number of ether oxygens (including phenoxy) is 1. The number of hydrogen-bond acceptors (Lipinski definition) is 3. The van der Waals surface area contributed by atoms with Crippen molar-refractivity contribution < 1.29 is 9.53 Å². The molecule has 0 unspecified atom stereocenters. The average molecular weight is 414 g/mol. The summed E-state index contributed by atoms with van der Waals surface area (Å²) in [6, 6.07) is 14.9. The standard InChI is InChI=1S/C26H27N3O2/c1-18-16-28(17-27-18)24-10-9-19(13-25(24)31-2)12-22-8-5-11-29(26(22)30)23-14-20-6-3-4-7-21(20)15-23/h3-4,6-7,9-10,12-13,16-17,23H,5,8,11,14-15H2,1-2H3/b22-12+. The molecular formula is C26H27N3O2. The second-order valence-corrected chi connectivity index (χ2v) is 8.46. The Labute approximate surface area is 183 Å². The van der Waals surface area contributed by atoms with E-state index in [0.29, 0.717) is 0 Å². The fraction of sp³-hybridized carbons (Fsp3) is 0.308. The molecule has 1 amide bonds. The Morgan fingerprint density at radius 1 is 1.13 bits per heavy atom. The van der Waals surface area contributed by atoms with Gasteiger partial charge in [0, 0.05) is 24.4 Å². The van der Waals surface area contributed by atoms with Gasteiger partial charge in [0.15, 0.2) is 0 Å². The molecule has 1 aromatic heterocycles. The smallest absolute Gasteiger partial charge is 0.250 e. The van der Waals surface area contributed by atoms with Gasteiger partial charge >= 0.3 is 0 Å². The van der Waals surface area contributed by atoms with Gasteiger partial charge in [0.2, 0.25) is 5.91 Å². The zero-order valence-electron chi connectivity index (χ0n) is 18.0. The first kappa shape index (κ1) is 19.6. The molecular weight excluding hydrogens is 386 g/mol. The molecule has 0 atom stereocenters. The summed E-state index contributed by atoms with van der Waals surface area (Å²) in [5.41, 5.74) is 6.52. The monoisotopic (exact) mass is 413 g/mol. The fourth-order valence-electron chi connectivity index (χ4n) is 4.82. The first-order chi connectivity index (χ1) is 15.1. The number of nitrogens with zero attached hydrogens (tertiary/aromatic N) is 3. The minimum atomic E-state index is 0.178. The van der Waals surface area contributed by atoms with E-state index in [2.05, 4.69) is 34.1 Å². The Kier molecular flexibility index (Phi) is 5.10. The number of fused-ring (bicyclic) bond motifs is 1. The SMILES string of the molecule is COc1cc(/C=C2\CCCN(C3Cc4ccccc4C3)C2=O)ccc1-n1cnc(C)c1. The molecule has 0 spiro atoms. The van der Waals surface area contributed by atoms with E-state index in [4.69, 9.17) is 4.74 Å². The van der Waals surface area contributed by atoms with E-state index in [9.17, 15) is 4.79 Å². The van der Waals surface area contributed by atoms with Crippen LogP contribution in [0.15, 0.2) is 60.6 Å². The molecule has 2 heterocycles. The summed E-state index contributed by atoms with van der Waals surface area (Å²) in [6.45, 7) is 2.81. The number of carbonyl (C=O) groups excluding carboxylic acids is 1. The summed E-state index contributed by atoms with van der Waals surface area (Å²) in [6.07, 6.45) is 9.53. The summed E-state index contributed by atoms with van der Waals surface area (Å²) in [5, 5.41) is 0. The molecule has 0 bridgehead atoms. The first-order valence-corrected chi connectivity index (χ1v) is 10.9. The van der Waals surface area contributed by atoms with Gasteiger partial charge in [-0.15, -0.1) is 0 Å². The Morgan fingerprint density at radius 2 is 1.90 bits per heavy atom. The minimum absolute atomic E-state index is 0.178. The highest BCUT2D eigenvalue weighted by Crippen LogP contribution is 2.31. The molecule has 158 valence electrons. The summed E-state index contributed by atoms with van der Waals surface area (Å²) < 4.78 is 7.59. The second kappa shape index (κ2) is 8.06. The first-order valence-electron chi connectivity index (χ1n) is 10.9. The van der Waals surface area contributed by atoms with Crippen LogP contribution >= 0.6 is 0 Å². The van der Waals surface area contributed by atoms with Crippen LogP contribution < -0.4 is 4.74 Å². The van der Waals surface area contributed by atoms with Crippen LogP contribution in [-0.4, -0.2) is 40.1 Å². The number of aromatic nitrogens is 2. The molecule has 5 rings (SSSR count). The van der Waals surface area contributed by atoms with E-state index < -0.39 is 0 Å². The number of amides is 1. The molecule has 2 aliphatic rings. The quantitative estimate of drug-likeness (QED) is 0.597. The lowest BCUT2D eigenvalue weighted by molar-refractivity contribution is -0.130. The number of imidazole rings is 1. The fourth-order valence-corrected chi connectivity index (χ4v) is 4.82. The number of benzene rings is 2. The van der Waals surface area contributed by atoms with E-state index in [1.54, 1.807) is 13.4 Å². The maximum absolute atomic E-state index is 13.3. The van der Waals surface area contributed by atoms with Gasteiger partial charge in [0.05, 0.1) is 24.8 Å². The second-order valence-electron chi connectivity index (χ2n) is 8.46. The van der Waals surface area contributed by atoms with E-state index in [-0.39, 0.29) is 11.9 Å². The van der Waals surface area contributed by atoms with Crippen molar-refractivity contribution in [2.45, 2.75) is 38.6 Å². The lowest BCUT2D eigenvalue weighted by Crippen LogP contribution is -2.44. The van der Waals surface area contributed by atoms with Gasteiger partial charge in [-0.2, -0.15) is 0 Å². The molecule has 31 heavy (non-hydrogen) atoms. The molecule has 0 saturated carbocycles. The van der Waals surface area contributed by atoms with Gasteiger partial charge < -0.3 is 14.2 Å². The Balaban J connectivity index is 1.38. The van der Waals surface area contributed by atoms with Crippen molar-refractivity contribution in [3.8, 4) is 11.4 Å². The van der Waals surface area contributed by atoms with Gasteiger partial charge in [-0.3, -0.25) is 4.79 Å². The average Bonchev–Trinajstić information content (AvgIpc) is 3.41. The number of likely N-dealkylation sites (tertiary alicyclic amines) is 1. The molecule has 1 fully saturated rings. The van der Waals surface area contributed by atoms with E-state index >= 15 is 0 Å². The van der Waals surface area contributed by atoms with Crippen LogP contribution in [0.5, 0.6) is 5.75 Å². The Bertz CT molecular complexity index is 1140. The lowest BCUT2D eigenvalue weighted by Gasteiger charge is -2.33. The number of rotatable bonds is 4. The van der Waals surface area contributed by atoms with Crippen molar-refractivity contribution in [1.29, 1.82) is 0 Å². The van der Waals surface area contributed by atoms with Crippen molar-refractivity contribution in [2.75, 3.05) is 13.7 Å². The molecule has 1 aliphatic carbocycles. The van der Waals surface area contributed by atoms with E-state index in [1.807, 2.05) is 42.0 Å². The number of methoxy groups -OCH3 is 1. The molecule has 2 aromatic carbocycles.